The van der Waals surface area contributed by atoms with Crippen molar-refractivity contribution in [3.05, 3.63) is 36.0 Å². The summed E-state index contributed by atoms with van der Waals surface area (Å²) in [6.45, 7) is 5.11. The second-order valence-corrected chi connectivity index (χ2v) is 10.1. The van der Waals surface area contributed by atoms with Crippen molar-refractivity contribution >= 4 is 22.2 Å². The Hall–Kier alpha value is -1.50. The number of aromatic nitrogens is 1. The van der Waals surface area contributed by atoms with E-state index in [1.165, 1.54) is 31.5 Å². The number of methoxy groups -OCH3 is 1. The normalized spacial score (nSPS) is 22.8. The number of ether oxygens (including phenoxy) is 1. The summed E-state index contributed by atoms with van der Waals surface area (Å²) in [4.78, 5) is 6.47. The number of nitrogens with zero attached hydrogens (tertiary/aromatic N) is 1. The first-order valence-corrected chi connectivity index (χ1v) is 11.4. The largest absolute Gasteiger partial charge is 0.496 e. The van der Waals surface area contributed by atoms with Crippen molar-refractivity contribution in [3.63, 3.8) is 0 Å². The molecule has 1 saturated carbocycles. The van der Waals surface area contributed by atoms with Gasteiger partial charge in [-0.25, -0.2) is 8.42 Å². The van der Waals surface area contributed by atoms with Gasteiger partial charge in [-0.15, -0.1) is 12.4 Å². The van der Waals surface area contributed by atoms with Crippen LogP contribution in [0.1, 0.15) is 44.8 Å². The first kappa shape index (κ1) is 21.2. The summed E-state index contributed by atoms with van der Waals surface area (Å²) in [5.41, 5.74) is 2.85. The van der Waals surface area contributed by atoms with Crippen molar-refractivity contribution in [2.24, 2.45) is 5.92 Å². The van der Waals surface area contributed by atoms with Crippen LogP contribution in [0.3, 0.4) is 0 Å². The number of benzene rings is 1. The van der Waals surface area contributed by atoms with Gasteiger partial charge in [-0.05, 0) is 62.4 Å². The minimum absolute atomic E-state index is 0. The number of likely N-dealkylation sites (tertiary alicyclic amines) is 1. The van der Waals surface area contributed by atoms with Crippen molar-refractivity contribution in [1.29, 1.82) is 0 Å². The smallest absolute Gasteiger partial charge is 0.178 e. The van der Waals surface area contributed by atoms with Gasteiger partial charge in [-0.1, -0.05) is 6.92 Å². The van der Waals surface area contributed by atoms with Gasteiger partial charge in [0.2, 0.25) is 0 Å². The van der Waals surface area contributed by atoms with Gasteiger partial charge in [0.15, 0.2) is 9.84 Å². The van der Waals surface area contributed by atoms with Gasteiger partial charge in [-0.2, -0.15) is 0 Å². The second-order valence-electron chi connectivity index (χ2n) is 7.80. The Kier molecular flexibility index (Phi) is 6.13. The molecule has 2 aliphatic rings. The van der Waals surface area contributed by atoms with E-state index in [2.05, 4.69) is 22.9 Å². The molecule has 2 heterocycles. The molecule has 0 amide bonds. The number of hydrogen-bond donors (Lipinski definition) is 1. The Morgan fingerprint density at radius 1 is 1.25 bits per heavy atom. The van der Waals surface area contributed by atoms with Gasteiger partial charge in [0.1, 0.15) is 5.75 Å². The Balaban J connectivity index is 0.00000225. The third kappa shape index (κ3) is 3.70. The van der Waals surface area contributed by atoms with E-state index in [1.54, 1.807) is 32.2 Å². The van der Waals surface area contributed by atoms with Crippen LogP contribution in [0, 0.1) is 5.92 Å². The Morgan fingerprint density at radius 3 is 2.64 bits per heavy atom. The highest BCUT2D eigenvalue weighted by atomic mass is 35.5. The molecule has 2 fully saturated rings. The molecule has 154 valence electrons. The maximum Gasteiger partial charge on any atom is 0.178 e. The fourth-order valence-electron chi connectivity index (χ4n) is 4.69. The van der Waals surface area contributed by atoms with Crippen molar-refractivity contribution in [2.45, 2.75) is 50.1 Å². The fraction of sp³-hybridized carbons (Fsp3) is 0.524. The van der Waals surface area contributed by atoms with Crippen molar-refractivity contribution in [1.82, 2.24) is 9.88 Å². The number of fused-ring (bicyclic) bond motifs is 2. The molecule has 1 N–H and O–H groups in total. The maximum absolute atomic E-state index is 12.3. The van der Waals surface area contributed by atoms with Crippen LogP contribution in [0.15, 0.2) is 35.2 Å². The number of piperidine rings is 1. The number of aromatic amines is 1. The summed E-state index contributed by atoms with van der Waals surface area (Å²) in [6.07, 6.45) is 4.02. The number of rotatable bonds is 6. The summed E-state index contributed by atoms with van der Waals surface area (Å²) in [5, 5.41) is 0. The maximum atomic E-state index is 12.3. The van der Waals surface area contributed by atoms with Gasteiger partial charge < -0.3 is 9.72 Å². The molecule has 1 aliphatic carbocycles. The number of hydrogen-bond acceptors (Lipinski definition) is 4. The molecular formula is C21H29ClN2O3S. The van der Waals surface area contributed by atoms with Crippen LogP contribution < -0.4 is 4.74 Å². The van der Waals surface area contributed by atoms with Crippen LogP contribution in [0.4, 0.5) is 0 Å². The number of H-pyrrole nitrogens is 1. The summed E-state index contributed by atoms with van der Waals surface area (Å²) < 4.78 is 30.1. The van der Waals surface area contributed by atoms with Gasteiger partial charge in [0, 0.05) is 35.6 Å². The third-order valence-electron chi connectivity index (χ3n) is 6.31. The lowest BCUT2D eigenvalue weighted by Gasteiger charge is -2.32. The van der Waals surface area contributed by atoms with E-state index in [-0.39, 0.29) is 18.2 Å². The van der Waals surface area contributed by atoms with Crippen LogP contribution in [0.25, 0.3) is 11.3 Å². The summed E-state index contributed by atoms with van der Waals surface area (Å²) in [6, 6.07) is 10.3. The molecule has 3 atom stereocenters. The number of nitrogens with one attached hydrogen (secondary N) is 1. The molecule has 2 aromatic rings. The molecule has 7 heteroatoms. The minimum Gasteiger partial charge on any atom is -0.496 e. The third-order valence-corrected chi connectivity index (χ3v) is 8.04. The zero-order valence-corrected chi connectivity index (χ0v) is 18.3. The quantitative estimate of drug-likeness (QED) is 0.744. The first-order chi connectivity index (χ1) is 12.9. The van der Waals surface area contributed by atoms with E-state index in [1.807, 2.05) is 6.07 Å². The summed E-state index contributed by atoms with van der Waals surface area (Å²) in [5.74, 6) is 1.62. The topological polar surface area (TPSA) is 62.4 Å². The predicted molar refractivity (Wildman–Crippen MR) is 114 cm³/mol. The zero-order valence-electron chi connectivity index (χ0n) is 16.6. The Labute approximate surface area is 173 Å². The fourth-order valence-corrected chi connectivity index (χ4v) is 5.59. The molecule has 28 heavy (non-hydrogen) atoms. The molecule has 1 saturated heterocycles. The molecule has 0 spiro atoms. The monoisotopic (exact) mass is 424 g/mol. The second kappa shape index (κ2) is 8.09. The molecule has 3 unspecified atom stereocenters. The van der Waals surface area contributed by atoms with Gasteiger partial charge in [0.25, 0.3) is 0 Å². The van der Waals surface area contributed by atoms with Crippen molar-refractivity contribution < 1.29 is 13.2 Å². The lowest BCUT2D eigenvalue weighted by atomic mass is 10.1. The van der Waals surface area contributed by atoms with Crippen LogP contribution in [-0.2, 0) is 9.84 Å². The summed E-state index contributed by atoms with van der Waals surface area (Å²) >= 11 is 0. The first-order valence-electron chi connectivity index (χ1n) is 9.78. The SMILES string of the molecule is CCS(=O)(=O)c1ccc(OC)c(-c2ccc(C(C)N3CC4CCC3C4)[nH]2)c1.Cl. The molecular weight excluding hydrogens is 396 g/mol. The van der Waals surface area contributed by atoms with Crippen LogP contribution in [-0.4, -0.2) is 43.8 Å². The molecule has 1 aliphatic heterocycles. The average Bonchev–Trinajstić information content (AvgIpc) is 3.43. The minimum atomic E-state index is -3.26. The van der Waals surface area contributed by atoms with E-state index in [9.17, 15) is 8.42 Å². The van der Waals surface area contributed by atoms with Crippen molar-refractivity contribution in [2.75, 3.05) is 19.4 Å². The lowest BCUT2D eigenvalue weighted by molar-refractivity contribution is 0.158. The van der Waals surface area contributed by atoms with Crippen LogP contribution in [0.5, 0.6) is 5.75 Å². The Bertz CT molecular complexity index is 941. The van der Waals surface area contributed by atoms with Gasteiger partial charge in [-0.3, -0.25) is 4.90 Å². The van der Waals surface area contributed by atoms with Crippen LogP contribution >= 0.6 is 12.4 Å². The lowest BCUT2D eigenvalue weighted by Crippen LogP contribution is -2.34. The van der Waals surface area contributed by atoms with E-state index >= 15 is 0 Å². The predicted octanol–water partition coefficient (Wildman–Crippen LogP) is 4.45. The standard InChI is InChI=1S/C21H28N2O3S.ClH/c1-4-27(24,25)17-7-10-21(26-3)18(12-17)20-9-8-19(22-20)14(2)23-13-15-5-6-16(23)11-15;/h7-10,12,14-16,22H,4-6,11,13H2,1-3H3;1H. The number of halogens is 1. The average molecular weight is 425 g/mol. The van der Waals surface area contributed by atoms with E-state index in [4.69, 9.17) is 4.74 Å². The van der Waals surface area contributed by atoms with E-state index < -0.39 is 9.84 Å². The molecule has 4 rings (SSSR count). The zero-order chi connectivity index (χ0) is 19.2. The highest BCUT2D eigenvalue weighted by Gasteiger charge is 2.40. The molecule has 5 nitrogen and oxygen atoms in total. The molecule has 1 aromatic heterocycles. The van der Waals surface area contributed by atoms with E-state index in [0.717, 1.165) is 17.2 Å². The Morgan fingerprint density at radius 2 is 2.04 bits per heavy atom. The highest BCUT2D eigenvalue weighted by molar-refractivity contribution is 7.91. The number of sulfone groups is 1. The van der Waals surface area contributed by atoms with Crippen LogP contribution in [0.2, 0.25) is 0 Å². The molecule has 2 bridgehead atoms. The highest BCUT2D eigenvalue weighted by Crippen LogP contribution is 2.42. The van der Waals surface area contributed by atoms with Crippen molar-refractivity contribution in [3.8, 4) is 17.0 Å². The van der Waals surface area contributed by atoms with E-state index in [0.29, 0.717) is 22.7 Å². The molecule has 0 radical (unpaired) electrons. The van der Waals surface area contributed by atoms with Gasteiger partial charge in [0.05, 0.1) is 17.8 Å². The van der Waals surface area contributed by atoms with Gasteiger partial charge >= 0.3 is 0 Å². The summed E-state index contributed by atoms with van der Waals surface area (Å²) in [7, 11) is -1.65. The molecule has 1 aromatic carbocycles.